The predicted octanol–water partition coefficient (Wildman–Crippen LogP) is 0.154. The first kappa shape index (κ1) is 10.4. The molecule has 0 aromatic carbocycles. The van der Waals surface area contributed by atoms with Gasteiger partial charge in [0.05, 0.1) is 0 Å². The van der Waals surface area contributed by atoms with Crippen LogP contribution in [-0.4, -0.2) is 26.1 Å². The van der Waals surface area contributed by atoms with Crippen LogP contribution in [0.1, 0.15) is 31.5 Å². The van der Waals surface area contributed by atoms with E-state index < -0.39 is 0 Å². The summed E-state index contributed by atoms with van der Waals surface area (Å²) in [5.74, 6) is 0.926. The molecule has 5 heteroatoms. The fraction of sp³-hybridized carbons (Fsp3) is 0.800. The standard InChI is InChI=1S/C10H17N3O2/c14-8-4-3-7-13-10(15)12-6-2-1-5-9(12)11-13/h14H,1-8H2. The lowest BCUT2D eigenvalue weighted by Gasteiger charge is -2.09. The summed E-state index contributed by atoms with van der Waals surface area (Å²) < 4.78 is 3.32. The highest BCUT2D eigenvalue weighted by Gasteiger charge is 2.15. The molecule has 0 atom stereocenters. The van der Waals surface area contributed by atoms with E-state index >= 15 is 0 Å². The molecular formula is C10H17N3O2. The van der Waals surface area contributed by atoms with Gasteiger partial charge in [-0.3, -0.25) is 4.57 Å². The number of aromatic nitrogens is 3. The molecule has 2 heterocycles. The van der Waals surface area contributed by atoms with E-state index in [0.717, 1.165) is 44.5 Å². The molecule has 0 saturated carbocycles. The Morgan fingerprint density at radius 2 is 2.20 bits per heavy atom. The second kappa shape index (κ2) is 4.61. The highest BCUT2D eigenvalue weighted by molar-refractivity contribution is 4.91. The van der Waals surface area contributed by atoms with Gasteiger partial charge in [-0.15, -0.1) is 0 Å². The highest BCUT2D eigenvalue weighted by atomic mass is 16.3. The van der Waals surface area contributed by atoms with Gasteiger partial charge < -0.3 is 5.11 Å². The quantitative estimate of drug-likeness (QED) is 0.721. The molecule has 1 N–H and O–H groups in total. The van der Waals surface area contributed by atoms with E-state index in [1.807, 2.05) is 0 Å². The molecule has 1 aliphatic rings. The lowest BCUT2D eigenvalue weighted by Crippen LogP contribution is -2.27. The van der Waals surface area contributed by atoms with Crippen LogP contribution in [0, 0.1) is 0 Å². The maximum Gasteiger partial charge on any atom is 0.345 e. The van der Waals surface area contributed by atoms with Crippen LogP contribution in [0.25, 0.3) is 0 Å². The van der Waals surface area contributed by atoms with Crippen molar-refractivity contribution in [2.45, 2.75) is 45.2 Å². The molecule has 0 bridgehead atoms. The summed E-state index contributed by atoms with van der Waals surface area (Å²) in [6.07, 6.45) is 4.67. The van der Waals surface area contributed by atoms with Gasteiger partial charge in [-0.25, -0.2) is 9.48 Å². The average Bonchev–Trinajstić information content (AvgIpc) is 2.57. The molecule has 15 heavy (non-hydrogen) atoms. The van der Waals surface area contributed by atoms with Crippen molar-refractivity contribution in [1.29, 1.82) is 0 Å². The summed E-state index contributed by atoms with van der Waals surface area (Å²) in [6.45, 7) is 1.62. The van der Waals surface area contributed by atoms with Crippen molar-refractivity contribution < 1.29 is 5.11 Å². The van der Waals surface area contributed by atoms with Crippen molar-refractivity contribution in [2.24, 2.45) is 0 Å². The number of nitrogens with zero attached hydrogens (tertiary/aromatic N) is 3. The number of aryl methyl sites for hydroxylation is 2. The van der Waals surface area contributed by atoms with Crippen LogP contribution in [0.5, 0.6) is 0 Å². The predicted molar refractivity (Wildman–Crippen MR) is 55.7 cm³/mol. The Morgan fingerprint density at radius 1 is 1.33 bits per heavy atom. The Balaban J connectivity index is 2.11. The molecule has 0 unspecified atom stereocenters. The van der Waals surface area contributed by atoms with Crippen LogP contribution < -0.4 is 5.69 Å². The lowest BCUT2D eigenvalue weighted by molar-refractivity contribution is 0.279. The summed E-state index contributed by atoms with van der Waals surface area (Å²) in [4.78, 5) is 11.8. The third-order valence-corrected chi connectivity index (χ3v) is 2.81. The zero-order valence-corrected chi connectivity index (χ0v) is 8.85. The molecule has 0 aliphatic carbocycles. The summed E-state index contributed by atoms with van der Waals surface area (Å²) in [6, 6.07) is 0. The van der Waals surface area contributed by atoms with Crippen molar-refractivity contribution in [3.05, 3.63) is 16.3 Å². The Hall–Kier alpha value is -1.10. The fourth-order valence-electron chi connectivity index (χ4n) is 1.97. The zero-order valence-electron chi connectivity index (χ0n) is 8.85. The molecule has 2 rings (SSSR count). The van der Waals surface area contributed by atoms with Gasteiger partial charge in [0.15, 0.2) is 0 Å². The fourth-order valence-corrected chi connectivity index (χ4v) is 1.97. The van der Waals surface area contributed by atoms with E-state index in [0.29, 0.717) is 6.54 Å². The van der Waals surface area contributed by atoms with Crippen molar-refractivity contribution in [3.8, 4) is 0 Å². The molecule has 1 aromatic rings. The van der Waals surface area contributed by atoms with Crippen LogP contribution in [0.15, 0.2) is 4.79 Å². The maximum atomic E-state index is 11.8. The van der Waals surface area contributed by atoms with Gasteiger partial charge in [0, 0.05) is 26.1 Å². The molecule has 0 spiro atoms. The van der Waals surface area contributed by atoms with E-state index in [1.165, 1.54) is 4.68 Å². The minimum absolute atomic E-state index is 0.0163. The molecule has 5 nitrogen and oxygen atoms in total. The van der Waals surface area contributed by atoms with Gasteiger partial charge in [0.2, 0.25) is 0 Å². The lowest BCUT2D eigenvalue weighted by atomic mass is 10.2. The van der Waals surface area contributed by atoms with Crippen molar-refractivity contribution >= 4 is 0 Å². The van der Waals surface area contributed by atoms with Crippen LogP contribution in [-0.2, 0) is 19.5 Å². The number of hydrogen-bond acceptors (Lipinski definition) is 3. The topological polar surface area (TPSA) is 60.1 Å². The highest BCUT2D eigenvalue weighted by Crippen LogP contribution is 2.09. The van der Waals surface area contributed by atoms with Crippen LogP contribution in [0.4, 0.5) is 0 Å². The van der Waals surface area contributed by atoms with Gasteiger partial charge in [0.1, 0.15) is 5.82 Å². The molecular weight excluding hydrogens is 194 g/mol. The number of unbranched alkanes of at least 4 members (excludes halogenated alkanes) is 1. The van der Waals surface area contributed by atoms with E-state index in [9.17, 15) is 4.79 Å². The van der Waals surface area contributed by atoms with Crippen molar-refractivity contribution in [1.82, 2.24) is 14.3 Å². The first-order valence-electron chi connectivity index (χ1n) is 5.60. The Morgan fingerprint density at radius 3 is 2.93 bits per heavy atom. The molecule has 0 fully saturated rings. The average molecular weight is 211 g/mol. The van der Waals surface area contributed by atoms with Crippen molar-refractivity contribution in [2.75, 3.05) is 6.61 Å². The number of rotatable bonds is 4. The Bertz CT molecular complexity index is 381. The van der Waals surface area contributed by atoms with Gasteiger partial charge in [-0.2, -0.15) is 5.10 Å². The number of aliphatic hydroxyl groups is 1. The second-order valence-electron chi connectivity index (χ2n) is 3.96. The van der Waals surface area contributed by atoms with Crippen molar-refractivity contribution in [3.63, 3.8) is 0 Å². The van der Waals surface area contributed by atoms with Gasteiger partial charge in [0.25, 0.3) is 0 Å². The van der Waals surface area contributed by atoms with Crippen LogP contribution in [0.2, 0.25) is 0 Å². The van der Waals surface area contributed by atoms with Crippen LogP contribution in [0.3, 0.4) is 0 Å². The Labute approximate surface area is 88.3 Å². The van der Waals surface area contributed by atoms with Crippen LogP contribution >= 0.6 is 0 Å². The van der Waals surface area contributed by atoms with E-state index in [-0.39, 0.29) is 12.3 Å². The zero-order chi connectivity index (χ0) is 10.7. The number of hydrogen-bond donors (Lipinski definition) is 1. The van der Waals surface area contributed by atoms with E-state index in [1.54, 1.807) is 4.57 Å². The summed E-state index contributed by atoms with van der Waals surface area (Å²) in [7, 11) is 0. The first-order valence-corrected chi connectivity index (χ1v) is 5.60. The minimum Gasteiger partial charge on any atom is -0.396 e. The molecule has 0 radical (unpaired) electrons. The molecule has 1 aliphatic heterocycles. The van der Waals surface area contributed by atoms with E-state index in [2.05, 4.69) is 5.10 Å². The molecule has 1 aromatic heterocycles. The molecule has 0 amide bonds. The largest absolute Gasteiger partial charge is 0.396 e. The Kier molecular flexibility index (Phi) is 3.20. The summed E-state index contributed by atoms with van der Waals surface area (Å²) >= 11 is 0. The smallest absolute Gasteiger partial charge is 0.345 e. The number of fused-ring (bicyclic) bond motifs is 1. The number of aliphatic hydroxyl groups excluding tert-OH is 1. The first-order chi connectivity index (χ1) is 7.33. The summed E-state index contributed by atoms with van der Waals surface area (Å²) in [5, 5.41) is 13.0. The van der Waals surface area contributed by atoms with Gasteiger partial charge in [-0.1, -0.05) is 0 Å². The third kappa shape index (κ3) is 2.12. The van der Waals surface area contributed by atoms with E-state index in [4.69, 9.17) is 5.11 Å². The third-order valence-electron chi connectivity index (χ3n) is 2.81. The van der Waals surface area contributed by atoms with Gasteiger partial charge >= 0.3 is 5.69 Å². The molecule has 84 valence electrons. The second-order valence-corrected chi connectivity index (χ2v) is 3.96. The summed E-state index contributed by atoms with van der Waals surface area (Å²) in [5.41, 5.74) is 0.0163. The maximum absolute atomic E-state index is 11.8. The minimum atomic E-state index is 0.0163. The molecule has 0 saturated heterocycles. The monoisotopic (exact) mass is 211 g/mol. The SMILES string of the molecule is O=c1n(CCCCO)nc2n1CCCC2. The normalized spacial score (nSPS) is 15.3. The van der Waals surface area contributed by atoms with Gasteiger partial charge in [-0.05, 0) is 25.7 Å².